The van der Waals surface area contributed by atoms with Crippen LogP contribution in [0, 0.1) is 11.3 Å². The molecule has 2 rings (SSSR count). The number of carbonyl (C=O) groups excluding carboxylic acids is 1. The van der Waals surface area contributed by atoms with Gasteiger partial charge in [-0.1, -0.05) is 12.2 Å². The molecule has 0 spiro atoms. The van der Waals surface area contributed by atoms with Crippen LogP contribution < -0.4 is 0 Å². The van der Waals surface area contributed by atoms with Crippen LogP contribution in [-0.4, -0.2) is 5.78 Å². The van der Waals surface area contributed by atoms with Crippen LogP contribution in [0.3, 0.4) is 0 Å². The molecule has 2 bridgehead atoms. The molecule has 1 fully saturated rings. The Kier molecular flexibility index (Phi) is 0.743. The fourth-order valence-electron chi connectivity index (χ4n) is 1.81. The summed E-state index contributed by atoms with van der Waals surface area (Å²) in [5, 5.41) is 0. The quantitative estimate of drug-likeness (QED) is 0.445. The van der Waals surface area contributed by atoms with Crippen LogP contribution in [-0.2, 0) is 4.79 Å². The zero-order valence-corrected chi connectivity index (χ0v) is 5.55. The van der Waals surface area contributed by atoms with E-state index in [9.17, 15) is 4.79 Å². The first-order valence-corrected chi connectivity index (χ1v) is 3.46. The van der Waals surface area contributed by atoms with Crippen LogP contribution in [0.1, 0.15) is 19.8 Å². The molecule has 1 nitrogen and oxygen atoms in total. The molecule has 0 aromatic rings. The fraction of sp³-hybridized carbons (Fsp3) is 0.625. The minimum Gasteiger partial charge on any atom is -0.298 e. The normalized spacial score (nSPS) is 46.8. The highest BCUT2D eigenvalue weighted by atomic mass is 16.1. The van der Waals surface area contributed by atoms with Crippen molar-refractivity contribution in [2.45, 2.75) is 19.8 Å². The summed E-state index contributed by atoms with van der Waals surface area (Å²) in [6.07, 6.45) is 6.30. The van der Waals surface area contributed by atoms with Crippen LogP contribution in [0.4, 0.5) is 0 Å². The number of rotatable bonds is 0. The summed E-state index contributed by atoms with van der Waals surface area (Å²) in [5.74, 6) is 0.734. The predicted molar refractivity (Wildman–Crippen MR) is 35.0 cm³/mol. The van der Waals surface area contributed by atoms with Gasteiger partial charge in [-0.05, 0) is 19.8 Å². The van der Waals surface area contributed by atoms with Crippen molar-refractivity contribution >= 4 is 5.78 Å². The highest BCUT2D eigenvalue weighted by Crippen LogP contribution is 2.45. The molecule has 0 aromatic heterocycles. The number of carbonyl (C=O) groups is 1. The van der Waals surface area contributed by atoms with Crippen LogP contribution in [0.2, 0.25) is 0 Å². The highest BCUT2D eigenvalue weighted by molar-refractivity contribution is 5.94. The first kappa shape index (κ1) is 5.21. The molecule has 0 saturated heterocycles. The molecule has 48 valence electrons. The Bertz CT molecular complexity index is 193. The van der Waals surface area contributed by atoms with Gasteiger partial charge in [-0.2, -0.15) is 0 Å². The SMILES string of the molecule is C[C@@]12C=C[C@H](CC1)C2=O. The Hall–Kier alpha value is -0.590. The molecule has 1 heteroatoms. The summed E-state index contributed by atoms with van der Waals surface area (Å²) in [4.78, 5) is 11.2. The summed E-state index contributed by atoms with van der Waals surface area (Å²) in [5.41, 5.74) is -0.0509. The highest BCUT2D eigenvalue weighted by Gasteiger charge is 2.45. The van der Waals surface area contributed by atoms with E-state index in [4.69, 9.17) is 0 Å². The van der Waals surface area contributed by atoms with E-state index in [0.717, 1.165) is 12.8 Å². The van der Waals surface area contributed by atoms with Gasteiger partial charge in [-0.15, -0.1) is 0 Å². The summed E-state index contributed by atoms with van der Waals surface area (Å²) >= 11 is 0. The lowest BCUT2D eigenvalue weighted by molar-refractivity contribution is -0.124. The zero-order valence-electron chi connectivity index (χ0n) is 5.55. The molecule has 0 aliphatic heterocycles. The Labute approximate surface area is 54.8 Å². The second-order valence-electron chi connectivity index (χ2n) is 3.29. The lowest BCUT2D eigenvalue weighted by Crippen LogP contribution is -2.16. The van der Waals surface area contributed by atoms with Gasteiger partial charge in [0.1, 0.15) is 5.78 Å². The molecule has 1 saturated carbocycles. The number of fused-ring (bicyclic) bond motifs is 2. The van der Waals surface area contributed by atoms with Gasteiger partial charge in [0.25, 0.3) is 0 Å². The number of Topliss-reactive ketones (excluding diaryl/α,β-unsaturated/α-hetero) is 1. The molecule has 0 unspecified atom stereocenters. The van der Waals surface area contributed by atoms with E-state index >= 15 is 0 Å². The van der Waals surface area contributed by atoms with Crippen LogP contribution in [0.5, 0.6) is 0 Å². The van der Waals surface area contributed by atoms with Crippen molar-refractivity contribution in [3.8, 4) is 0 Å². The van der Waals surface area contributed by atoms with Crippen molar-refractivity contribution in [2.75, 3.05) is 0 Å². The maximum absolute atomic E-state index is 11.2. The lowest BCUT2D eigenvalue weighted by atomic mass is 9.90. The van der Waals surface area contributed by atoms with Crippen molar-refractivity contribution in [3.05, 3.63) is 12.2 Å². The number of hydrogen-bond donors (Lipinski definition) is 0. The van der Waals surface area contributed by atoms with E-state index < -0.39 is 0 Å². The Morgan fingerprint density at radius 3 is 2.67 bits per heavy atom. The largest absolute Gasteiger partial charge is 0.298 e. The summed E-state index contributed by atoms with van der Waals surface area (Å²) < 4.78 is 0. The van der Waals surface area contributed by atoms with E-state index in [1.807, 2.05) is 6.92 Å². The molecule has 2 atom stereocenters. The number of allylic oxidation sites excluding steroid dienone is 2. The van der Waals surface area contributed by atoms with Crippen molar-refractivity contribution < 1.29 is 4.79 Å². The molecule has 2 aliphatic rings. The smallest absolute Gasteiger partial charge is 0.149 e. The first-order valence-electron chi connectivity index (χ1n) is 3.46. The maximum Gasteiger partial charge on any atom is 0.149 e. The minimum absolute atomic E-state index is 0.0509. The van der Waals surface area contributed by atoms with Gasteiger partial charge in [0.15, 0.2) is 0 Å². The Morgan fingerprint density at radius 1 is 1.78 bits per heavy atom. The summed E-state index contributed by atoms with van der Waals surface area (Å²) in [6, 6.07) is 0. The maximum atomic E-state index is 11.2. The molecule has 0 heterocycles. The van der Waals surface area contributed by atoms with E-state index in [0.29, 0.717) is 5.78 Å². The van der Waals surface area contributed by atoms with Crippen LogP contribution in [0.15, 0.2) is 12.2 Å². The zero-order chi connectivity index (χ0) is 6.48. The van der Waals surface area contributed by atoms with Gasteiger partial charge in [0, 0.05) is 11.3 Å². The molecule has 0 radical (unpaired) electrons. The van der Waals surface area contributed by atoms with Crippen molar-refractivity contribution in [3.63, 3.8) is 0 Å². The summed E-state index contributed by atoms with van der Waals surface area (Å²) in [6.45, 7) is 2.04. The Balaban J connectivity index is 2.47. The molecule has 0 N–H and O–H groups in total. The van der Waals surface area contributed by atoms with Crippen molar-refractivity contribution in [1.29, 1.82) is 0 Å². The lowest BCUT2D eigenvalue weighted by Gasteiger charge is -2.12. The van der Waals surface area contributed by atoms with Gasteiger partial charge in [-0.3, -0.25) is 4.79 Å². The van der Waals surface area contributed by atoms with Gasteiger partial charge >= 0.3 is 0 Å². The molecule has 0 aromatic carbocycles. The molecular formula is C8H10O. The Morgan fingerprint density at radius 2 is 2.56 bits per heavy atom. The van der Waals surface area contributed by atoms with E-state index in [1.165, 1.54) is 0 Å². The predicted octanol–water partition coefficient (Wildman–Crippen LogP) is 1.54. The van der Waals surface area contributed by atoms with Crippen LogP contribution >= 0.6 is 0 Å². The fourth-order valence-corrected chi connectivity index (χ4v) is 1.81. The minimum atomic E-state index is -0.0509. The monoisotopic (exact) mass is 122 g/mol. The summed E-state index contributed by atoms with van der Waals surface area (Å²) in [7, 11) is 0. The second kappa shape index (κ2) is 1.28. The van der Waals surface area contributed by atoms with Crippen LogP contribution in [0.25, 0.3) is 0 Å². The van der Waals surface area contributed by atoms with E-state index in [-0.39, 0.29) is 11.3 Å². The third kappa shape index (κ3) is 0.473. The number of hydrogen-bond acceptors (Lipinski definition) is 1. The van der Waals surface area contributed by atoms with Gasteiger partial charge in [0.2, 0.25) is 0 Å². The molecule has 2 aliphatic carbocycles. The standard InChI is InChI=1S/C8H10O/c1-8-4-2-6(3-5-8)7(8)9/h2,4,6H,3,5H2,1H3/t6-,8-/m1/s1. The average molecular weight is 122 g/mol. The number of ketones is 1. The van der Waals surface area contributed by atoms with Gasteiger partial charge < -0.3 is 0 Å². The van der Waals surface area contributed by atoms with E-state index in [1.54, 1.807) is 0 Å². The second-order valence-corrected chi connectivity index (χ2v) is 3.29. The van der Waals surface area contributed by atoms with Crippen molar-refractivity contribution in [2.24, 2.45) is 11.3 Å². The van der Waals surface area contributed by atoms with Gasteiger partial charge in [-0.25, -0.2) is 0 Å². The third-order valence-corrected chi connectivity index (χ3v) is 2.57. The molecule has 9 heavy (non-hydrogen) atoms. The molecular weight excluding hydrogens is 112 g/mol. The average Bonchev–Trinajstić information content (AvgIpc) is 2.24. The van der Waals surface area contributed by atoms with E-state index in [2.05, 4.69) is 12.2 Å². The third-order valence-electron chi connectivity index (χ3n) is 2.57. The molecule has 0 amide bonds. The van der Waals surface area contributed by atoms with Gasteiger partial charge in [0.05, 0.1) is 0 Å². The topological polar surface area (TPSA) is 17.1 Å². The van der Waals surface area contributed by atoms with Crippen molar-refractivity contribution in [1.82, 2.24) is 0 Å². The first-order chi connectivity index (χ1) is 4.22.